The molecule has 1 atom stereocenters. The summed E-state index contributed by atoms with van der Waals surface area (Å²) in [4.78, 5) is 14.4. The van der Waals surface area contributed by atoms with E-state index in [1.807, 2.05) is 24.4 Å². The third-order valence-corrected chi connectivity index (χ3v) is 3.17. The van der Waals surface area contributed by atoms with Crippen LogP contribution in [0.15, 0.2) is 28.9 Å². The highest BCUT2D eigenvalue weighted by Crippen LogP contribution is 2.23. The van der Waals surface area contributed by atoms with Crippen LogP contribution in [-0.2, 0) is 16.0 Å². The summed E-state index contributed by atoms with van der Waals surface area (Å²) < 4.78 is 5.62. The molecule has 17 heavy (non-hydrogen) atoms. The summed E-state index contributed by atoms with van der Waals surface area (Å²) in [6, 6.07) is 5.32. The number of ether oxygens (including phenoxy) is 1. The number of hydrogen-bond acceptors (Lipinski definition) is 3. The van der Waals surface area contributed by atoms with E-state index in [0.717, 1.165) is 20.9 Å². The Bertz CT molecular complexity index is 550. The zero-order valence-corrected chi connectivity index (χ0v) is 11.0. The van der Waals surface area contributed by atoms with E-state index in [0.29, 0.717) is 6.42 Å². The maximum Gasteiger partial charge on any atom is 0.322 e. The lowest BCUT2D eigenvalue weighted by molar-refractivity contribution is -0.142. The second-order valence-electron chi connectivity index (χ2n) is 3.84. The van der Waals surface area contributed by atoms with Crippen molar-refractivity contribution in [3.63, 3.8) is 0 Å². The molecule has 0 saturated carbocycles. The molecule has 0 saturated heterocycles. The van der Waals surface area contributed by atoms with Crippen molar-refractivity contribution in [2.75, 3.05) is 7.11 Å². The number of aromatic nitrogens is 1. The lowest BCUT2D eigenvalue weighted by atomic mass is 10.1. The van der Waals surface area contributed by atoms with E-state index < -0.39 is 12.0 Å². The molecule has 0 radical (unpaired) electrons. The first kappa shape index (κ1) is 12.1. The Morgan fingerprint density at radius 3 is 3.06 bits per heavy atom. The smallest absolute Gasteiger partial charge is 0.322 e. The van der Waals surface area contributed by atoms with E-state index in [2.05, 4.69) is 25.7 Å². The largest absolute Gasteiger partial charge is 0.468 e. The summed E-state index contributed by atoms with van der Waals surface area (Å²) in [5.41, 5.74) is 7.78. The minimum absolute atomic E-state index is 0.392. The van der Waals surface area contributed by atoms with Crippen molar-refractivity contribution in [2.45, 2.75) is 12.5 Å². The second-order valence-corrected chi connectivity index (χ2v) is 4.75. The molecule has 0 fully saturated rings. The van der Waals surface area contributed by atoms with Gasteiger partial charge in [0.2, 0.25) is 0 Å². The molecule has 0 bridgehead atoms. The Morgan fingerprint density at radius 1 is 1.59 bits per heavy atom. The van der Waals surface area contributed by atoms with E-state index in [9.17, 15) is 4.79 Å². The summed E-state index contributed by atoms with van der Waals surface area (Å²) in [5, 5.41) is 1.08. The van der Waals surface area contributed by atoms with Gasteiger partial charge in [0, 0.05) is 28.0 Å². The van der Waals surface area contributed by atoms with Gasteiger partial charge in [-0.05, 0) is 17.7 Å². The van der Waals surface area contributed by atoms with Crippen LogP contribution in [0.25, 0.3) is 10.9 Å². The number of nitrogens with two attached hydrogens (primary N) is 1. The molecule has 2 aromatic rings. The van der Waals surface area contributed by atoms with Crippen molar-refractivity contribution >= 4 is 32.8 Å². The third kappa shape index (κ3) is 2.50. The number of benzene rings is 1. The van der Waals surface area contributed by atoms with Crippen molar-refractivity contribution in [2.24, 2.45) is 5.73 Å². The number of hydrogen-bond donors (Lipinski definition) is 2. The predicted molar refractivity (Wildman–Crippen MR) is 69.7 cm³/mol. The van der Waals surface area contributed by atoms with Crippen LogP contribution >= 0.6 is 15.9 Å². The van der Waals surface area contributed by atoms with E-state index in [1.165, 1.54) is 7.11 Å². The van der Waals surface area contributed by atoms with Gasteiger partial charge >= 0.3 is 5.97 Å². The van der Waals surface area contributed by atoms with E-state index >= 15 is 0 Å². The van der Waals surface area contributed by atoms with Crippen LogP contribution in [0.4, 0.5) is 0 Å². The summed E-state index contributed by atoms with van der Waals surface area (Å²) in [7, 11) is 1.34. The Morgan fingerprint density at radius 2 is 2.35 bits per heavy atom. The molecule has 1 aromatic carbocycles. The number of carbonyl (C=O) groups excluding carboxylic acids is 1. The minimum Gasteiger partial charge on any atom is -0.468 e. The van der Waals surface area contributed by atoms with Crippen LogP contribution in [0.5, 0.6) is 0 Å². The fraction of sp³-hybridized carbons (Fsp3) is 0.250. The molecule has 0 aliphatic carbocycles. The standard InChI is InChI=1S/C12H13BrN2O2/c1-17-12(16)10(14)4-7-6-15-11-5-8(13)2-3-9(7)11/h2-3,5-6,10,15H,4,14H2,1H3/t10-/m0/s1. The van der Waals surface area contributed by atoms with Gasteiger partial charge in [0.25, 0.3) is 0 Å². The molecule has 0 aliphatic heterocycles. The van der Waals surface area contributed by atoms with Gasteiger partial charge in [-0.3, -0.25) is 4.79 Å². The number of halogens is 1. The van der Waals surface area contributed by atoms with Crippen LogP contribution in [0.3, 0.4) is 0 Å². The maximum atomic E-state index is 11.3. The van der Waals surface area contributed by atoms with Gasteiger partial charge in [0.1, 0.15) is 6.04 Å². The van der Waals surface area contributed by atoms with Gasteiger partial charge in [-0.25, -0.2) is 0 Å². The highest BCUT2D eigenvalue weighted by atomic mass is 79.9. The monoisotopic (exact) mass is 296 g/mol. The number of carbonyl (C=O) groups is 1. The Kier molecular flexibility index (Phi) is 3.49. The highest BCUT2D eigenvalue weighted by Gasteiger charge is 2.16. The molecular weight excluding hydrogens is 284 g/mol. The predicted octanol–water partition coefficient (Wildman–Crippen LogP) is 1.97. The molecule has 90 valence electrons. The number of H-pyrrole nitrogens is 1. The molecule has 2 rings (SSSR count). The Labute approximate surface area is 107 Å². The van der Waals surface area contributed by atoms with E-state index in [-0.39, 0.29) is 0 Å². The minimum atomic E-state index is -0.623. The first-order chi connectivity index (χ1) is 8.11. The normalized spacial score (nSPS) is 12.6. The van der Waals surface area contributed by atoms with Crippen molar-refractivity contribution < 1.29 is 9.53 Å². The van der Waals surface area contributed by atoms with E-state index in [1.54, 1.807) is 0 Å². The molecule has 4 nitrogen and oxygen atoms in total. The fourth-order valence-corrected chi connectivity index (χ4v) is 2.16. The van der Waals surface area contributed by atoms with Crippen LogP contribution in [0.1, 0.15) is 5.56 Å². The molecule has 3 N–H and O–H groups in total. The van der Waals surface area contributed by atoms with Crippen molar-refractivity contribution in [1.29, 1.82) is 0 Å². The van der Waals surface area contributed by atoms with Gasteiger partial charge in [-0.2, -0.15) is 0 Å². The van der Waals surface area contributed by atoms with Gasteiger partial charge in [0.05, 0.1) is 7.11 Å². The number of aromatic amines is 1. The molecule has 5 heteroatoms. The topological polar surface area (TPSA) is 68.1 Å². The van der Waals surface area contributed by atoms with Gasteiger partial charge in [-0.1, -0.05) is 22.0 Å². The second kappa shape index (κ2) is 4.89. The summed E-state index contributed by atoms with van der Waals surface area (Å²) in [6.45, 7) is 0. The molecular formula is C12H13BrN2O2. The van der Waals surface area contributed by atoms with Crippen LogP contribution in [0.2, 0.25) is 0 Å². The Balaban J connectivity index is 2.28. The molecule has 0 unspecified atom stereocenters. The van der Waals surface area contributed by atoms with Crippen LogP contribution in [0, 0.1) is 0 Å². The fourth-order valence-electron chi connectivity index (χ4n) is 1.80. The number of fused-ring (bicyclic) bond motifs is 1. The molecule has 0 spiro atoms. The van der Waals surface area contributed by atoms with Gasteiger partial charge < -0.3 is 15.5 Å². The SMILES string of the molecule is COC(=O)[C@@H](N)Cc1c[nH]c2cc(Br)ccc12. The summed E-state index contributed by atoms with van der Waals surface area (Å²) >= 11 is 3.41. The van der Waals surface area contributed by atoms with Crippen molar-refractivity contribution in [3.8, 4) is 0 Å². The van der Waals surface area contributed by atoms with Gasteiger partial charge in [-0.15, -0.1) is 0 Å². The van der Waals surface area contributed by atoms with Crippen molar-refractivity contribution in [3.05, 3.63) is 34.4 Å². The molecule has 0 aliphatic rings. The van der Waals surface area contributed by atoms with Gasteiger partial charge in [0.15, 0.2) is 0 Å². The van der Waals surface area contributed by atoms with Crippen molar-refractivity contribution in [1.82, 2.24) is 4.98 Å². The highest BCUT2D eigenvalue weighted by molar-refractivity contribution is 9.10. The average Bonchev–Trinajstić information content (AvgIpc) is 2.70. The maximum absolute atomic E-state index is 11.3. The summed E-state index contributed by atoms with van der Waals surface area (Å²) in [6.07, 6.45) is 2.34. The number of esters is 1. The average molecular weight is 297 g/mol. The molecule has 1 aromatic heterocycles. The lowest BCUT2D eigenvalue weighted by Crippen LogP contribution is -2.33. The van der Waals surface area contributed by atoms with E-state index in [4.69, 9.17) is 5.73 Å². The Hall–Kier alpha value is -1.33. The zero-order chi connectivity index (χ0) is 12.4. The van der Waals surface area contributed by atoms with Crippen LogP contribution in [-0.4, -0.2) is 24.1 Å². The zero-order valence-electron chi connectivity index (χ0n) is 9.37. The first-order valence-electron chi connectivity index (χ1n) is 5.20. The third-order valence-electron chi connectivity index (χ3n) is 2.67. The van der Waals surface area contributed by atoms with Crippen LogP contribution < -0.4 is 5.73 Å². The number of rotatable bonds is 3. The quantitative estimate of drug-likeness (QED) is 0.851. The first-order valence-corrected chi connectivity index (χ1v) is 6.00. The molecule has 1 heterocycles. The number of nitrogens with one attached hydrogen (secondary N) is 1. The molecule has 0 amide bonds. The number of methoxy groups -OCH3 is 1. The summed E-state index contributed by atoms with van der Waals surface area (Å²) in [5.74, 6) is -0.392. The lowest BCUT2D eigenvalue weighted by Gasteiger charge is -2.07.